The smallest absolute Gasteiger partial charge is 0.0146 e. The van der Waals surface area contributed by atoms with Crippen LogP contribution in [0.15, 0.2) is 23.8 Å². The van der Waals surface area contributed by atoms with E-state index in [2.05, 4.69) is 27.4 Å². The first-order chi connectivity index (χ1) is 4.72. The largest absolute Gasteiger partial charge is 0.158 e. The van der Waals surface area contributed by atoms with Crippen molar-refractivity contribution in [3.05, 3.63) is 23.8 Å². The van der Waals surface area contributed by atoms with Crippen molar-refractivity contribution in [2.45, 2.75) is 20.8 Å². The van der Waals surface area contributed by atoms with E-state index >= 15 is 0 Å². The zero-order valence-electron chi connectivity index (χ0n) is 7.11. The van der Waals surface area contributed by atoms with Crippen LogP contribution in [0, 0.1) is 0 Å². The molecular formula is C9H16S. The third-order valence-corrected chi connectivity index (χ3v) is 2.55. The Morgan fingerprint density at radius 1 is 1.50 bits per heavy atom. The van der Waals surface area contributed by atoms with Gasteiger partial charge in [0.2, 0.25) is 0 Å². The summed E-state index contributed by atoms with van der Waals surface area (Å²) in [5.41, 5.74) is 2.77. The second kappa shape index (κ2) is 5.60. The Morgan fingerprint density at radius 2 is 2.10 bits per heavy atom. The summed E-state index contributed by atoms with van der Waals surface area (Å²) in [6.45, 7) is 10.2. The molecule has 0 atom stereocenters. The fraction of sp³-hybridized carbons (Fsp3) is 0.556. The van der Waals surface area contributed by atoms with Gasteiger partial charge in [0.15, 0.2) is 0 Å². The van der Waals surface area contributed by atoms with Gasteiger partial charge in [-0.05, 0) is 19.6 Å². The normalized spacial score (nSPS) is 12.7. The molecule has 0 radical (unpaired) electrons. The van der Waals surface area contributed by atoms with Gasteiger partial charge in [-0.3, -0.25) is 0 Å². The first-order valence-electron chi connectivity index (χ1n) is 3.58. The first-order valence-corrected chi connectivity index (χ1v) is 4.74. The SMILES string of the molecule is C=C/C(C)=C(\C)CSCC. The molecule has 0 aromatic rings. The molecule has 0 aliphatic rings. The van der Waals surface area contributed by atoms with Crippen molar-refractivity contribution in [1.29, 1.82) is 0 Å². The van der Waals surface area contributed by atoms with Crippen molar-refractivity contribution in [3.63, 3.8) is 0 Å². The van der Waals surface area contributed by atoms with Gasteiger partial charge in [0.1, 0.15) is 0 Å². The van der Waals surface area contributed by atoms with Crippen LogP contribution in [0.1, 0.15) is 20.8 Å². The molecule has 58 valence electrons. The lowest BCUT2D eigenvalue weighted by molar-refractivity contribution is 1.30. The Balaban J connectivity index is 3.79. The molecule has 0 rings (SSSR count). The predicted octanol–water partition coefficient (Wildman–Crippen LogP) is 3.26. The molecule has 1 heteroatoms. The van der Waals surface area contributed by atoms with Crippen LogP contribution >= 0.6 is 11.8 Å². The molecule has 0 aliphatic carbocycles. The van der Waals surface area contributed by atoms with Crippen molar-refractivity contribution in [2.75, 3.05) is 11.5 Å². The van der Waals surface area contributed by atoms with Crippen LogP contribution in [-0.2, 0) is 0 Å². The molecule has 10 heavy (non-hydrogen) atoms. The van der Waals surface area contributed by atoms with Gasteiger partial charge in [-0.25, -0.2) is 0 Å². The lowest BCUT2D eigenvalue weighted by Gasteiger charge is -2.01. The van der Waals surface area contributed by atoms with Gasteiger partial charge in [0, 0.05) is 5.75 Å². The third-order valence-electron chi connectivity index (χ3n) is 1.50. The van der Waals surface area contributed by atoms with Gasteiger partial charge in [-0.15, -0.1) is 0 Å². The fourth-order valence-electron chi connectivity index (χ4n) is 0.543. The highest BCUT2D eigenvalue weighted by Gasteiger charge is 1.91. The van der Waals surface area contributed by atoms with Gasteiger partial charge >= 0.3 is 0 Å². The number of thioether (sulfide) groups is 1. The van der Waals surface area contributed by atoms with Gasteiger partial charge in [0.05, 0.1) is 0 Å². The summed E-state index contributed by atoms with van der Waals surface area (Å²) in [7, 11) is 0. The van der Waals surface area contributed by atoms with Gasteiger partial charge in [-0.1, -0.05) is 30.7 Å². The molecule has 0 aromatic heterocycles. The predicted molar refractivity (Wildman–Crippen MR) is 51.6 cm³/mol. The molecule has 0 fully saturated rings. The second-order valence-electron chi connectivity index (χ2n) is 2.30. The highest BCUT2D eigenvalue weighted by Crippen LogP contribution is 2.11. The maximum atomic E-state index is 3.72. The fourth-order valence-corrected chi connectivity index (χ4v) is 1.28. The van der Waals surface area contributed by atoms with Crippen LogP contribution in [0.5, 0.6) is 0 Å². The Hall–Kier alpha value is -0.170. The Labute approximate surface area is 68.4 Å². The van der Waals surface area contributed by atoms with Crippen molar-refractivity contribution >= 4 is 11.8 Å². The zero-order valence-corrected chi connectivity index (χ0v) is 7.92. The first kappa shape index (κ1) is 9.83. The van der Waals surface area contributed by atoms with Crippen molar-refractivity contribution in [2.24, 2.45) is 0 Å². The highest BCUT2D eigenvalue weighted by atomic mass is 32.2. The van der Waals surface area contributed by atoms with E-state index in [-0.39, 0.29) is 0 Å². The van der Waals surface area contributed by atoms with E-state index in [0.29, 0.717) is 0 Å². The van der Waals surface area contributed by atoms with Crippen LogP contribution < -0.4 is 0 Å². The lowest BCUT2D eigenvalue weighted by Crippen LogP contribution is -1.85. The minimum atomic E-state index is 1.15. The molecular weight excluding hydrogens is 140 g/mol. The van der Waals surface area contributed by atoms with E-state index in [4.69, 9.17) is 0 Å². The van der Waals surface area contributed by atoms with Crippen LogP contribution in [0.4, 0.5) is 0 Å². The molecule has 0 saturated carbocycles. The summed E-state index contributed by atoms with van der Waals surface area (Å²) in [6.07, 6.45) is 1.92. The quantitative estimate of drug-likeness (QED) is 0.563. The van der Waals surface area contributed by atoms with E-state index in [1.54, 1.807) is 0 Å². The minimum absolute atomic E-state index is 1.15. The second-order valence-corrected chi connectivity index (χ2v) is 3.58. The van der Waals surface area contributed by atoms with E-state index < -0.39 is 0 Å². The minimum Gasteiger partial charge on any atom is -0.158 e. The molecule has 0 amide bonds. The maximum absolute atomic E-state index is 3.72. The summed E-state index contributed by atoms with van der Waals surface area (Å²) in [5, 5.41) is 0. The molecule has 0 saturated heterocycles. The maximum Gasteiger partial charge on any atom is 0.0146 e. The van der Waals surface area contributed by atoms with E-state index in [9.17, 15) is 0 Å². The average Bonchev–Trinajstić information content (AvgIpc) is 1.98. The zero-order chi connectivity index (χ0) is 7.98. The Bertz CT molecular complexity index is 134. The monoisotopic (exact) mass is 156 g/mol. The van der Waals surface area contributed by atoms with Crippen LogP contribution in [0.3, 0.4) is 0 Å². The van der Waals surface area contributed by atoms with E-state index in [1.807, 2.05) is 17.8 Å². The van der Waals surface area contributed by atoms with Crippen LogP contribution in [0.25, 0.3) is 0 Å². The summed E-state index contributed by atoms with van der Waals surface area (Å²) < 4.78 is 0. The Kier molecular flexibility index (Phi) is 5.51. The van der Waals surface area contributed by atoms with E-state index in [1.165, 1.54) is 16.9 Å². The summed E-state index contributed by atoms with van der Waals surface area (Å²) in [6, 6.07) is 0. The van der Waals surface area contributed by atoms with Crippen molar-refractivity contribution in [1.82, 2.24) is 0 Å². The summed E-state index contributed by atoms with van der Waals surface area (Å²) >= 11 is 1.95. The summed E-state index contributed by atoms with van der Waals surface area (Å²) in [4.78, 5) is 0. The molecule has 0 nitrogen and oxygen atoms in total. The van der Waals surface area contributed by atoms with Gasteiger partial charge in [-0.2, -0.15) is 11.8 Å². The van der Waals surface area contributed by atoms with Crippen LogP contribution in [-0.4, -0.2) is 11.5 Å². The number of hydrogen-bond acceptors (Lipinski definition) is 1. The summed E-state index contributed by atoms with van der Waals surface area (Å²) in [5.74, 6) is 2.34. The number of allylic oxidation sites excluding steroid dienone is 2. The standard InChI is InChI=1S/C9H16S/c1-5-8(3)9(4)7-10-6-2/h5H,1,6-7H2,2-4H3/b9-8+. The lowest BCUT2D eigenvalue weighted by atomic mass is 10.2. The van der Waals surface area contributed by atoms with Crippen molar-refractivity contribution in [3.8, 4) is 0 Å². The van der Waals surface area contributed by atoms with Gasteiger partial charge in [0.25, 0.3) is 0 Å². The van der Waals surface area contributed by atoms with Gasteiger partial charge < -0.3 is 0 Å². The molecule has 0 heterocycles. The number of rotatable bonds is 4. The molecule has 0 spiro atoms. The molecule has 0 unspecified atom stereocenters. The molecule has 0 N–H and O–H groups in total. The van der Waals surface area contributed by atoms with Crippen molar-refractivity contribution < 1.29 is 0 Å². The molecule has 0 bridgehead atoms. The van der Waals surface area contributed by atoms with E-state index in [0.717, 1.165) is 5.75 Å². The Morgan fingerprint density at radius 3 is 2.50 bits per heavy atom. The molecule has 0 aromatic carbocycles. The van der Waals surface area contributed by atoms with Crippen LogP contribution in [0.2, 0.25) is 0 Å². The number of hydrogen-bond donors (Lipinski definition) is 0. The third kappa shape index (κ3) is 3.78. The highest BCUT2D eigenvalue weighted by molar-refractivity contribution is 7.99. The average molecular weight is 156 g/mol. The topological polar surface area (TPSA) is 0 Å². The molecule has 0 aliphatic heterocycles.